The number of ether oxygens (including phenoxy) is 1. The second kappa shape index (κ2) is 13.4. The van der Waals surface area contributed by atoms with Crippen LogP contribution in [0.2, 0.25) is 0 Å². The fourth-order valence-corrected chi connectivity index (χ4v) is 5.81. The van der Waals surface area contributed by atoms with E-state index in [1.165, 1.54) is 49.1 Å². The molecular formula is C28H42FN3O5. The highest BCUT2D eigenvalue weighted by Crippen LogP contribution is 2.33. The molecule has 2 atom stereocenters. The number of piperidine rings is 1. The van der Waals surface area contributed by atoms with E-state index in [-0.39, 0.29) is 11.7 Å². The summed E-state index contributed by atoms with van der Waals surface area (Å²) < 4.78 is 20.1. The van der Waals surface area contributed by atoms with Crippen LogP contribution in [-0.4, -0.2) is 78.5 Å². The molecule has 1 aromatic rings. The van der Waals surface area contributed by atoms with Crippen molar-refractivity contribution >= 4 is 17.5 Å². The molecule has 1 saturated carbocycles. The fourth-order valence-electron chi connectivity index (χ4n) is 5.81. The third-order valence-electron chi connectivity index (χ3n) is 8.19. The standard InChI is InChI=1S/C28H42FN3O5/c29-22-8-9-23(24(18-22)37-17-12-20-6-2-1-3-7-20)31-15-10-21(11-16-31)19-30-27(35)25(33)26(34)28(36)32-13-4-5-14-32/h8-9,18,20-21,25-26,33-34H,1-7,10-17,19H2,(H,30,35). The summed E-state index contributed by atoms with van der Waals surface area (Å²) in [4.78, 5) is 28.3. The van der Waals surface area contributed by atoms with Crippen LogP contribution >= 0.6 is 0 Å². The van der Waals surface area contributed by atoms with Gasteiger partial charge in [-0.1, -0.05) is 32.1 Å². The molecule has 0 spiro atoms. The molecule has 2 heterocycles. The number of halogens is 1. The number of aliphatic hydroxyl groups excluding tert-OH is 2. The lowest BCUT2D eigenvalue weighted by molar-refractivity contribution is -0.152. The van der Waals surface area contributed by atoms with Gasteiger partial charge in [0.2, 0.25) is 0 Å². The topological polar surface area (TPSA) is 102 Å². The van der Waals surface area contributed by atoms with Gasteiger partial charge in [0.05, 0.1) is 12.3 Å². The molecule has 0 aromatic heterocycles. The Labute approximate surface area is 219 Å². The van der Waals surface area contributed by atoms with E-state index in [0.717, 1.165) is 50.9 Å². The van der Waals surface area contributed by atoms with Crippen molar-refractivity contribution in [3.8, 4) is 5.75 Å². The Balaban J connectivity index is 1.22. The lowest BCUT2D eigenvalue weighted by atomic mass is 9.87. The molecule has 1 aliphatic carbocycles. The Morgan fingerprint density at radius 2 is 1.65 bits per heavy atom. The van der Waals surface area contributed by atoms with Gasteiger partial charge in [0.25, 0.3) is 11.8 Å². The molecule has 206 valence electrons. The molecule has 2 saturated heterocycles. The summed E-state index contributed by atoms with van der Waals surface area (Å²) >= 11 is 0. The van der Waals surface area contributed by atoms with E-state index in [2.05, 4.69) is 10.2 Å². The summed E-state index contributed by atoms with van der Waals surface area (Å²) in [7, 11) is 0. The Hall–Kier alpha value is -2.39. The molecule has 37 heavy (non-hydrogen) atoms. The van der Waals surface area contributed by atoms with Crippen molar-refractivity contribution in [2.75, 3.05) is 44.2 Å². The van der Waals surface area contributed by atoms with Crippen LogP contribution in [0.15, 0.2) is 18.2 Å². The van der Waals surface area contributed by atoms with E-state index in [1.54, 1.807) is 6.07 Å². The molecule has 9 heteroatoms. The first kappa shape index (κ1) is 27.6. The average Bonchev–Trinajstić information content (AvgIpc) is 3.47. The van der Waals surface area contributed by atoms with Crippen molar-refractivity contribution < 1.29 is 28.9 Å². The Morgan fingerprint density at radius 1 is 0.946 bits per heavy atom. The van der Waals surface area contributed by atoms with Gasteiger partial charge >= 0.3 is 0 Å². The highest BCUT2D eigenvalue weighted by atomic mass is 19.1. The predicted octanol–water partition coefficient (Wildman–Crippen LogP) is 2.85. The minimum Gasteiger partial charge on any atom is -0.491 e. The second-order valence-electron chi connectivity index (χ2n) is 10.9. The van der Waals surface area contributed by atoms with Crippen molar-refractivity contribution in [3.63, 3.8) is 0 Å². The summed E-state index contributed by atoms with van der Waals surface area (Å²) in [5, 5.41) is 23.0. The SMILES string of the molecule is O=C(NCC1CCN(c2ccc(F)cc2OCCC2CCCCC2)CC1)C(O)C(O)C(=O)N1CCCC1. The lowest BCUT2D eigenvalue weighted by Crippen LogP contribution is -2.51. The number of nitrogens with one attached hydrogen (secondary N) is 1. The first-order valence-corrected chi connectivity index (χ1v) is 14.0. The Kier molecular flexibility index (Phi) is 10.0. The summed E-state index contributed by atoms with van der Waals surface area (Å²) in [6, 6.07) is 4.72. The fraction of sp³-hybridized carbons (Fsp3) is 0.714. The zero-order valence-corrected chi connectivity index (χ0v) is 21.7. The zero-order valence-electron chi connectivity index (χ0n) is 21.7. The number of anilines is 1. The van der Waals surface area contributed by atoms with Gasteiger partial charge < -0.3 is 30.1 Å². The predicted molar refractivity (Wildman–Crippen MR) is 139 cm³/mol. The molecule has 3 fully saturated rings. The molecule has 0 bridgehead atoms. The molecule has 8 nitrogen and oxygen atoms in total. The first-order valence-electron chi connectivity index (χ1n) is 14.0. The van der Waals surface area contributed by atoms with E-state index < -0.39 is 24.0 Å². The van der Waals surface area contributed by atoms with E-state index in [1.807, 2.05) is 0 Å². The van der Waals surface area contributed by atoms with Crippen LogP contribution in [0.1, 0.15) is 64.2 Å². The van der Waals surface area contributed by atoms with Crippen LogP contribution in [0.5, 0.6) is 5.75 Å². The maximum Gasteiger partial charge on any atom is 0.254 e. The minimum absolute atomic E-state index is 0.204. The lowest BCUT2D eigenvalue weighted by Gasteiger charge is -2.34. The quantitative estimate of drug-likeness (QED) is 0.439. The van der Waals surface area contributed by atoms with Gasteiger partial charge in [-0.05, 0) is 56.1 Å². The largest absolute Gasteiger partial charge is 0.491 e. The number of hydrogen-bond acceptors (Lipinski definition) is 6. The smallest absolute Gasteiger partial charge is 0.254 e. The van der Waals surface area contributed by atoms with Gasteiger partial charge in [0, 0.05) is 38.8 Å². The highest BCUT2D eigenvalue weighted by Gasteiger charge is 2.34. The van der Waals surface area contributed by atoms with E-state index in [9.17, 15) is 24.2 Å². The maximum atomic E-state index is 14.0. The number of carbonyl (C=O) groups is 2. The summed E-state index contributed by atoms with van der Waals surface area (Å²) in [6.45, 7) is 3.53. The van der Waals surface area contributed by atoms with Gasteiger partial charge in [-0.2, -0.15) is 0 Å². The monoisotopic (exact) mass is 519 g/mol. The summed E-state index contributed by atoms with van der Waals surface area (Å²) in [5.74, 6) is -0.135. The van der Waals surface area contributed by atoms with E-state index in [4.69, 9.17) is 4.74 Å². The van der Waals surface area contributed by atoms with Crippen molar-refractivity contribution in [2.45, 2.75) is 76.4 Å². The maximum absolute atomic E-state index is 14.0. The summed E-state index contributed by atoms with van der Waals surface area (Å²) in [5.41, 5.74) is 0.895. The van der Waals surface area contributed by atoms with Gasteiger partial charge in [-0.25, -0.2) is 4.39 Å². The molecule has 3 N–H and O–H groups in total. The minimum atomic E-state index is -1.78. The molecule has 1 aromatic carbocycles. The highest BCUT2D eigenvalue weighted by molar-refractivity contribution is 5.90. The van der Waals surface area contributed by atoms with Crippen molar-refractivity contribution in [2.24, 2.45) is 11.8 Å². The molecule has 3 aliphatic rings. The number of benzene rings is 1. The van der Waals surface area contributed by atoms with Crippen LogP contribution in [0, 0.1) is 17.7 Å². The third kappa shape index (κ3) is 7.57. The van der Waals surface area contributed by atoms with Crippen LogP contribution < -0.4 is 15.0 Å². The van der Waals surface area contributed by atoms with Gasteiger partial charge in [0.15, 0.2) is 12.2 Å². The third-order valence-corrected chi connectivity index (χ3v) is 8.19. The number of rotatable bonds is 10. The number of likely N-dealkylation sites (tertiary alicyclic amines) is 1. The zero-order chi connectivity index (χ0) is 26.2. The number of carbonyl (C=O) groups excluding carboxylic acids is 2. The molecule has 0 radical (unpaired) electrons. The summed E-state index contributed by atoms with van der Waals surface area (Å²) in [6.07, 6.45) is 7.27. The van der Waals surface area contributed by atoms with Crippen molar-refractivity contribution in [1.82, 2.24) is 10.2 Å². The number of hydrogen-bond donors (Lipinski definition) is 3. The van der Waals surface area contributed by atoms with Gasteiger partial charge in [-0.15, -0.1) is 0 Å². The van der Waals surface area contributed by atoms with Crippen molar-refractivity contribution in [3.05, 3.63) is 24.0 Å². The molecule has 4 rings (SSSR count). The molecule has 2 aliphatic heterocycles. The Morgan fingerprint density at radius 3 is 2.35 bits per heavy atom. The first-order chi connectivity index (χ1) is 17.9. The van der Waals surface area contributed by atoms with Crippen molar-refractivity contribution in [1.29, 1.82) is 0 Å². The Bertz CT molecular complexity index is 896. The number of nitrogens with zero attached hydrogens (tertiary/aromatic N) is 2. The van der Waals surface area contributed by atoms with E-state index >= 15 is 0 Å². The molecule has 2 unspecified atom stereocenters. The molecular weight excluding hydrogens is 477 g/mol. The van der Waals surface area contributed by atoms with Crippen LogP contribution in [0.4, 0.5) is 10.1 Å². The van der Waals surface area contributed by atoms with Gasteiger partial charge in [0.1, 0.15) is 11.6 Å². The normalized spacial score (nSPS) is 21.1. The number of aliphatic hydroxyl groups is 2. The average molecular weight is 520 g/mol. The van der Waals surface area contributed by atoms with E-state index in [0.29, 0.717) is 37.9 Å². The van der Waals surface area contributed by atoms with Crippen LogP contribution in [-0.2, 0) is 9.59 Å². The van der Waals surface area contributed by atoms with Crippen LogP contribution in [0.25, 0.3) is 0 Å². The second-order valence-corrected chi connectivity index (χ2v) is 10.9. The van der Waals surface area contributed by atoms with Gasteiger partial charge in [-0.3, -0.25) is 9.59 Å². The van der Waals surface area contributed by atoms with Crippen LogP contribution in [0.3, 0.4) is 0 Å². The molecule has 2 amide bonds. The number of amides is 2.